The van der Waals surface area contributed by atoms with Crippen molar-refractivity contribution in [3.8, 4) is 11.3 Å². The summed E-state index contributed by atoms with van der Waals surface area (Å²) < 4.78 is 5.74. The second-order valence-electron chi connectivity index (χ2n) is 5.03. The van der Waals surface area contributed by atoms with Crippen molar-refractivity contribution < 1.29 is 4.74 Å². The highest BCUT2D eigenvalue weighted by molar-refractivity contribution is 5.58. The van der Waals surface area contributed by atoms with Crippen LogP contribution in [0.25, 0.3) is 11.3 Å². The van der Waals surface area contributed by atoms with Gasteiger partial charge in [0.2, 0.25) is 0 Å². The van der Waals surface area contributed by atoms with Gasteiger partial charge in [0.1, 0.15) is 11.4 Å². The smallest absolute Gasteiger partial charge is 0.251 e. The number of rotatable bonds is 2. The fraction of sp³-hybridized carbons (Fsp3) is 0.333. The summed E-state index contributed by atoms with van der Waals surface area (Å²) in [6, 6.07) is 11.2. The molecule has 1 N–H and O–H groups in total. The van der Waals surface area contributed by atoms with E-state index in [-0.39, 0.29) is 5.56 Å². The van der Waals surface area contributed by atoms with Gasteiger partial charge in [-0.15, -0.1) is 0 Å². The van der Waals surface area contributed by atoms with Crippen LogP contribution in [-0.2, 0) is 10.3 Å². The average molecular weight is 256 g/mol. The van der Waals surface area contributed by atoms with E-state index in [1.807, 2.05) is 37.3 Å². The summed E-state index contributed by atoms with van der Waals surface area (Å²) in [6.45, 7) is 2.70. The maximum Gasteiger partial charge on any atom is 0.251 e. The van der Waals surface area contributed by atoms with E-state index in [4.69, 9.17) is 4.74 Å². The second kappa shape index (κ2) is 4.63. The molecule has 19 heavy (non-hydrogen) atoms. The summed E-state index contributed by atoms with van der Waals surface area (Å²) >= 11 is 0. The zero-order chi connectivity index (χ0) is 13.3. The van der Waals surface area contributed by atoms with Crippen LogP contribution in [0.5, 0.6) is 0 Å². The molecule has 1 aliphatic heterocycles. The summed E-state index contributed by atoms with van der Waals surface area (Å²) in [5.74, 6) is 0.622. The molecule has 1 aliphatic rings. The number of ether oxygens (including phenoxy) is 1. The van der Waals surface area contributed by atoms with Crippen LogP contribution in [0.1, 0.15) is 25.6 Å². The Morgan fingerprint density at radius 3 is 2.79 bits per heavy atom. The number of nitrogens with zero attached hydrogens (tertiary/aromatic N) is 1. The number of hydrogen-bond donors (Lipinski definition) is 1. The Hall–Kier alpha value is -1.94. The first-order chi connectivity index (χ1) is 9.17. The van der Waals surface area contributed by atoms with Gasteiger partial charge < -0.3 is 9.72 Å². The Kier molecular flexibility index (Phi) is 2.95. The number of H-pyrrole nitrogens is 1. The molecule has 1 unspecified atom stereocenters. The predicted molar refractivity (Wildman–Crippen MR) is 72.8 cm³/mol. The van der Waals surface area contributed by atoms with Crippen molar-refractivity contribution in [1.29, 1.82) is 0 Å². The minimum atomic E-state index is -0.468. The van der Waals surface area contributed by atoms with Crippen LogP contribution in [0.15, 0.2) is 41.2 Å². The third-order valence-corrected chi connectivity index (χ3v) is 3.53. The van der Waals surface area contributed by atoms with Crippen molar-refractivity contribution >= 4 is 0 Å². The minimum absolute atomic E-state index is 0.138. The summed E-state index contributed by atoms with van der Waals surface area (Å²) in [5, 5.41) is 0. The summed E-state index contributed by atoms with van der Waals surface area (Å²) in [5.41, 5.74) is 1.03. The van der Waals surface area contributed by atoms with Gasteiger partial charge in [-0.05, 0) is 19.8 Å². The van der Waals surface area contributed by atoms with E-state index >= 15 is 0 Å². The summed E-state index contributed by atoms with van der Waals surface area (Å²) in [6.07, 6.45) is 1.88. The molecular formula is C15H16N2O2. The first kappa shape index (κ1) is 12.1. The fourth-order valence-corrected chi connectivity index (χ4v) is 2.43. The number of aromatic nitrogens is 2. The number of aromatic amines is 1. The van der Waals surface area contributed by atoms with Gasteiger partial charge in [0, 0.05) is 18.2 Å². The SMILES string of the molecule is CC1(c2nc(-c3ccccc3)cc(=O)[nH]2)CCCO1. The van der Waals surface area contributed by atoms with Crippen LogP contribution in [-0.4, -0.2) is 16.6 Å². The molecule has 1 saturated heterocycles. The lowest BCUT2D eigenvalue weighted by Crippen LogP contribution is -2.27. The minimum Gasteiger partial charge on any atom is -0.367 e. The molecule has 98 valence electrons. The van der Waals surface area contributed by atoms with Gasteiger partial charge >= 0.3 is 0 Å². The lowest BCUT2D eigenvalue weighted by Gasteiger charge is -2.22. The normalized spacial score (nSPS) is 22.6. The quantitative estimate of drug-likeness (QED) is 0.898. The van der Waals surface area contributed by atoms with Crippen LogP contribution in [0.4, 0.5) is 0 Å². The van der Waals surface area contributed by atoms with Crippen LogP contribution < -0.4 is 5.56 Å². The maximum atomic E-state index is 11.8. The molecule has 0 spiro atoms. The van der Waals surface area contributed by atoms with Crippen molar-refractivity contribution in [1.82, 2.24) is 9.97 Å². The third-order valence-electron chi connectivity index (χ3n) is 3.53. The lowest BCUT2D eigenvalue weighted by atomic mass is 10.0. The number of hydrogen-bond acceptors (Lipinski definition) is 3. The Morgan fingerprint density at radius 1 is 1.32 bits per heavy atom. The molecule has 0 radical (unpaired) electrons. The lowest BCUT2D eigenvalue weighted by molar-refractivity contribution is 0.00923. The van der Waals surface area contributed by atoms with Crippen molar-refractivity contribution in [2.45, 2.75) is 25.4 Å². The highest BCUT2D eigenvalue weighted by atomic mass is 16.5. The molecule has 4 nitrogen and oxygen atoms in total. The molecule has 2 aromatic rings. The molecule has 4 heteroatoms. The predicted octanol–water partition coefficient (Wildman–Crippen LogP) is 2.46. The molecule has 0 aliphatic carbocycles. The number of benzene rings is 1. The zero-order valence-electron chi connectivity index (χ0n) is 10.8. The highest BCUT2D eigenvalue weighted by Gasteiger charge is 2.34. The van der Waals surface area contributed by atoms with Gasteiger partial charge in [0.05, 0.1) is 5.69 Å². The molecule has 0 saturated carbocycles. The molecule has 3 rings (SSSR count). The molecule has 2 heterocycles. The second-order valence-corrected chi connectivity index (χ2v) is 5.03. The zero-order valence-corrected chi connectivity index (χ0v) is 10.8. The topological polar surface area (TPSA) is 55.0 Å². The number of nitrogens with one attached hydrogen (secondary N) is 1. The van der Waals surface area contributed by atoms with Gasteiger partial charge in [-0.25, -0.2) is 4.98 Å². The highest BCUT2D eigenvalue weighted by Crippen LogP contribution is 2.33. The van der Waals surface area contributed by atoms with Crippen LogP contribution in [0.2, 0.25) is 0 Å². The summed E-state index contributed by atoms with van der Waals surface area (Å²) in [4.78, 5) is 19.2. The van der Waals surface area contributed by atoms with Crippen molar-refractivity contribution in [3.05, 3.63) is 52.6 Å². The van der Waals surface area contributed by atoms with Crippen LogP contribution in [0, 0.1) is 0 Å². The molecule has 1 fully saturated rings. The van der Waals surface area contributed by atoms with E-state index in [9.17, 15) is 4.79 Å². The Balaban J connectivity index is 2.09. The van der Waals surface area contributed by atoms with E-state index in [2.05, 4.69) is 9.97 Å². The molecule has 0 bridgehead atoms. The van der Waals surface area contributed by atoms with Crippen molar-refractivity contribution in [2.24, 2.45) is 0 Å². The van der Waals surface area contributed by atoms with Gasteiger partial charge in [0.25, 0.3) is 5.56 Å². The van der Waals surface area contributed by atoms with E-state index in [1.165, 1.54) is 6.07 Å². The van der Waals surface area contributed by atoms with Crippen molar-refractivity contribution in [3.63, 3.8) is 0 Å². The first-order valence-electron chi connectivity index (χ1n) is 6.49. The average Bonchev–Trinajstić information content (AvgIpc) is 2.87. The van der Waals surface area contributed by atoms with Crippen LogP contribution in [0.3, 0.4) is 0 Å². The molecular weight excluding hydrogens is 240 g/mol. The fourth-order valence-electron chi connectivity index (χ4n) is 2.43. The molecule has 1 aromatic carbocycles. The monoisotopic (exact) mass is 256 g/mol. The standard InChI is InChI=1S/C15H16N2O2/c1-15(8-5-9-19-15)14-16-12(10-13(18)17-14)11-6-3-2-4-7-11/h2-4,6-7,10H,5,8-9H2,1H3,(H,16,17,18). The maximum absolute atomic E-state index is 11.8. The molecule has 1 atom stereocenters. The van der Waals surface area contributed by atoms with Gasteiger partial charge in [-0.3, -0.25) is 4.79 Å². The molecule has 1 aromatic heterocycles. The van der Waals surface area contributed by atoms with E-state index < -0.39 is 5.60 Å². The van der Waals surface area contributed by atoms with Gasteiger partial charge in [0.15, 0.2) is 0 Å². The third kappa shape index (κ3) is 2.31. The Labute approximate surface area is 111 Å². The van der Waals surface area contributed by atoms with Gasteiger partial charge in [-0.2, -0.15) is 0 Å². The van der Waals surface area contributed by atoms with E-state index in [0.29, 0.717) is 11.5 Å². The molecule has 0 amide bonds. The van der Waals surface area contributed by atoms with Crippen molar-refractivity contribution in [2.75, 3.05) is 6.61 Å². The van der Waals surface area contributed by atoms with E-state index in [1.54, 1.807) is 0 Å². The first-order valence-corrected chi connectivity index (χ1v) is 6.49. The Bertz CT molecular complexity index is 628. The van der Waals surface area contributed by atoms with Crippen LogP contribution >= 0.6 is 0 Å². The Morgan fingerprint density at radius 2 is 2.11 bits per heavy atom. The van der Waals surface area contributed by atoms with E-state index in [0.717, 1.165) is 25.0 Å². The largest absolute Gasteiger partial charge is 0.367 e. The van der Waals surface area contributed by atoms with Gasteiger partial charge in [-0.1, -0.05) is 30.3 Å². The summed E-state index contributed by atoms with van der Waals surface area (Å²) in [7, 11) is 0.